The van der Waals surface area contributed by atoms with Gasteiger partial charge in [0.1, 0.15) is 0 Å². The van der Waals surface area contributed by atoms with Gasteiger partial charge in [0, 0.05) is 10.7 Å². The summed E-state index contributed by atoms with van der Waals surface area (Å²) in [5.41, 5.74) is 6.58. The number of nitrogens with one attached hydrogen (secondary N) is 1. The molecule has 0 fully saturated rings. The third kappa shape index (κ3) is 5.10. The van der Waals surface area contributed by atoms with Crippen LogP contribution in [0.1, 0.15) is 5.56 Å². The van der Waals surface area contributed by atoms with Gasteiger partial charge in [-0.05, 0) is 30.7 Å². The Hall–Kier alpha value is -1.20. The van der Waals surface area contributed by atoms with Crippen molar-refractivity contribution in [1.29, 1.82) is 0 Å². The van der Waals surface area contributed by atoms with E-state index in [0.29, 0.717) is 5.02 Å². The van der Waals surface area contributed by atoms with Gasteiger partial charge in [0.15, 0.2) is 0 Å². The predicted octanol–water partition coefficient (Wildman–Crippen LogP) is 1.81. The number of amides is 2. The topological polar surface area (TPSA) is 72.2 Å². The molecule has 0 aliphatic carbocycles. The summed E-state index contributed by atoms with van der Waals surface area (Å²) in [6, 6.07) is 5.22. The van der Waals surface area contributed by atoms with Crippen LogP contribution in [0.4, 0.5) is 5.69 Å². The third-order valence-corrected chi connectivity index (χ3v) is 3.13. The van der Waals surface area contributed by atoms with Crippen LogP contribution in [0.15, 0.2) is 18.2 Å². The molecule has 0 heterocycles. The van der Waals surface area contributed by atoms with E-state index in [4.69, 9.17) is 17.3 Å². The van der Waals surface area contributed by atoms with Gasteiger partial charge >= 0.3 is 0 Å². The summed E-state index contributed by atoms with van der Waals surface area (Å²) in [6.45, 7) is 1.86. The molecule has 92 valence electrons. The Balaban J connectivity index is 2.48. The fraction of sp³-hybridized carbons (Fsp3) is 0.273. The Labute approximate surface area is 109 Å². The summed E-state index contributed by atoms with van der Waals surface area (Å²) < 4.78 is 0. The zero-order valence-electron chi connectivity index (χ0n) is 9.33. The van der Waals surface area contributed by atoms with E-state index in [-0.39, 0.29) is 17.4 Å². The van der Waals surface area contributed by atoms with Crippen molar-refractivity contribution in [3.8, 4) is 0 Å². The molecule has 3 N–H and O–H groups in total. The van der Waals surface area contributed by atoms with E-state index in [9.17, 15) is 9.59 Å². The molecule has 1 rings (SSSR count). The lowest BCUT2D eigenvalue weighted by molar-refractivity contribution is -0.115. The number of rotatable bonds is 5. The Kier molecular flexibility index (Phi) is 5.31. The van der Waals surface area contributed by atoms with Crippen molar-refractivity contribution >= 4 is 40.9 Å². The molecule has 17 heavy (non-hydrogen) atoms. The van der Waals surface area contributed by atoms with Gasteiger partial charge < -0.3 is 11.1 Å². The van der Waals surface area contributed by atoms with E-state index in [1.54, 1.807) is 18.2 Å². The summed E-state index contributed by atoms with van der Waals surface area (Å²) in [7, 11) is 0. The van der Waals surface area contributed by atoms with E-state index in [1.165, 1.54) is 11.8 Å². The number of anilines is 1. The molecule has 0 saturated carbocycles. The summed E-state index contributed by atoms with van der Waals surface area (Å²) in [5.74, 6) is -0.245. The Morgan fingerprint density at radius 3 is 2.71 bits per heavy atom. The molecule has 0 aliphatic rings. The first-order chi connectivity index (χ1) is 7.99. The van der Waals surface area contributed by atoms with E-state index in [2.05, 4.69) is 5.32 Å². The fourth-order valence-electron chi connectivity index (χ4n) is 1.20. The number of benzene rings is 1. The molecule has 1 aromatic rings. The van der Waals surface area contributed by atoms with Gasteiger partial charge in [-0.3, -0.25) is 9.59 Å². The molecule has 1 aromatic carbocycles. The van der Waals surface area contributed by atoms with E-state index in [1.807, 2.05) is 6.92 Å². The number of carbonyl (C=O) groups is 2. The van der Waals surface area contributed by atoms with Crippen molar-refractivity contribution in [2.75, 3.05) is 16.8 Å². The average Bonchev–Trinajstić information content (AvgIpc) is 2.21. The SMILES string of the molecule is Cc1cc(Cl)ccc1NC(=O)CSCC(N)=O. The number of nitrogens with two attached hydrogens (primary N) is 1. The highest BCUT2D eigenvalue weighted by Gasteiger charge is 2.06. The Morgan fingerprint density at radius 1 is 1.41 bits per heavy atom. The van der Waals surface area contributed by atoms with Crippen LogP contribution in [-0.4, -0.2) is 23.3 Å². The molecule has 0 radical (unpaired) electrons. The number of primary amides is 1. The maximum Gasteiger partial charge on any atom is 0.234 e. The minimum atomic E-state index is -0.425. The highest BCUT2D eigenvalue weighted by Crippen LogP contribution is 2.19. The highest BCUT2D eigenvalue weighted by atomic mass is 35.5. The summed E-state index contributed by atoms with van der Waals surface area (Å²) >= 11 is 6.99. The summed E-state index contributed by atoms with van der Waals surface area (Å²) in [4.78, 5) is 22.0. The number of halogens is 1. The molecule has 0 spiro atoms. The van der Waals surface area contributed by atoms with Crippen LogP contribution in [0.25, 0.3) is 0 Å². The normalized spacial score (nSPS) is 10.0. The molecule has 6 heteroatoms. The fourth-order valence-corrected chi connectivity index (χ4v) is 1.99. The molecule has 0 bridgehead atoms. The monoisotopic (exact) mass is 272 g/mol. The second-order valence-corrected chi connectivity index (χ2v) is 4.89. The maximum atomic E-state index is 11.5. The van der Waals surface area contributed by atoms with E-state index < -0.39 is 5.91 Å². The van der Waals surface area contributed by atoms with Crippen molar-refractivity contribution in [2.45, 2.75) is 6.92 Å². The molecule has 0 aliphatic heterocycles. The van der Waals surface area contributed by atoms with E-state index in [0.717, 1.165) is 11.3 Å². The third-order valence-electron chi connectivity index (χ3n) is 1.94. The molecule has 0 saturated heterocycles. The van der Waals surface area contributed by atoms with Crippen LogP contribution in [0, 0.1) is 6.92 Å². The van der Waals surface area contributed by atoms with Gasteiger partial charge in [-0.25, -0.2) is 0 Å². The minimum Gasteiger partial charge on any atom is -0.369 e. The van der Waals surface area contributed by atoms with Crippen molar-refractivity contribution in [1.82, 2.24) is 0 Å². The largest absolute Gasteiger partial charge is 0.369 e. The van der Waals surface area contributed by atoms with Crippen molar-refractivity contribution in [3.63, 3.8) is 0 Å². The standard InChI is InChI=1S/C11H13ClN2O2S/c1-7-4-8(12)2-3-9(7)14-11(16)6-17-5-10(13)15/h2-4H,5-6H2,1H3,(H2,13,15)(H,14,16). The van der Waals surface area contributed by atoms with Crippen LogP contribution in [0.2, 0.25) is 5.02 Å². The zero-order valence-corrected chi connectivity index (χ0v) is 10.9. The molecule has 0 atom stereocenters. The second-order valence-electron chi connectivity index (χ2n) is 3.47. The first-order valence-electron chi connectivity index (χ1n) is 4.91. The average molecular weight is 273 g/mol. The first-order valence-corrected chi connectivity index (χ1v) is 6.44. The van der Waals surface area contributed by atoms with Crippen LogP contribution in [-0.2, 0) is 9.59 Å². The van der Waals surface area contributed by atoms with Crippen LogP contribution in [0.3, 0.4) is 0 Å². The number of aryl methyl sites for hydroxylation is 1. The van der Waals surface area contributed by atoms with Gasteiger partial charge in [0.2, 0.25) is 11.8 Å². The molecular formula is C11H13ClN2O2S. The van der Waals surface area contributed by atoms with Gasteiger partial charge in [0.05, 0.1) is 11.5 Å². The van der Waals surface area contributed by atoms with Gasteiger partial charge in [0.25, 0.3) is 0 Å². The van der Waals surface area contributed by atoms with Crippen molar-refractivity contribution < 1.29 is 9.59 Å². The molecule has 4 nitrogen and oxygen atoms in total. The molecule has 0 unspecified atom stereocenters. The lowest BCUT2D eigenvalue weighted by Crippen LogP contribution is -2.18. The first kappa shape index (κ1) is 13.9. The number of thioether (sulfide) groups is 1. The quantitative estimate of drug-likeness (QED) is 0.859. The van der Waals surface area contributed by atoms with Crippen LogP contribution >= 0.6 is 23.4 Å². The smallest absolute Gasteiger partial charge is 0.234 e. The Morgan fingerprint density at radius 2 is 2.12 bits per heavy atom. The Bertz CT molecular complexity index is 437. The summed E-state index contributed by atoms with van der Waals surface area (Å²) in [5, 5.41) is 3.37. The van der Waals surface area contributed by atoms with Crippen LogP contribution < -0.4 is 11.1 Å². The molecule has 0 aromatic heterocycles. The summed E-state index contributed by atoms with van der Waals surface area (Å²) in [6.07, 6.45) is 0. The molecule has 2 amide bonds. The van der Waals surface area contributed by atoms with E-state index >= 15 is 0 Å². The highest BCUT2D eigenvalue weighted by molar-refractivity contribution is 8.00. The minimum absolute atomic E-state index is 0.146. The predicted molar refractivity (Wildman–Crippen MR) is 71.3 cm³/mol. The van der Waals surface area contributed by atoms with Gasteiger partial charge in [-0.2, -0.15) is 0 Å². The van der Waals surface area contributed by atoms with Crippen molar-refractivity contribution in [3.05, 3.63) is 28.8 Å². The lowest BCUT2D eigenvalue weighted by Gasteiger charge is -2.08. The zero-order chi connectivity index (χ0) is 12.8. The second kappa shape index (κ2) is 6.51. The lowest BCUT2D eigenvalue weighted by atomic mass is 10.2. The van der Waals surface area contributed by atoms with Gasteiger partial charge in [-0.1, -0.05) is 11.6 Å². The number of hydrogen-bond acceptors (Lipinski definition) is 3. The number of carbonyl (C=O) groups excluding carboxylic acids is 2. The number of hydrogen-bond donors (Lipinski definition) is 2. The van der Waals surface area contributed by atoms with Crippen molar-refractivity contribution in [2.24, 2.45) is 5.73 Å². The molecular weight excluding hydrogens is 260 g/mol. The maximum absolute atomic E-state index is 11.5. The van der Waals surface area contributed by atoms with Gasteiger partial charge in [-0.15, -0.1) is 11.8 Å². The van der Waals surface area contributed by atoms with Crippen LogP contribution in [0.5, 0.6) is 0 Å².